The van der Waals surface area contributed by atoms with Gasteiger partial charge >= 0.3 is 24.3 Å². The summed E-state index contributed by atoms with van der Waals surface area (Å²) in [6.45, 7) is 4.18. The zero-order valence-electron chi connectivity index (χ0n) is 38.5. The van der Waals surface area contributed by atoms with Crippen molar-refractivity contribution in [2.24, 2.45) is 0 Å². The first-order valence-electron chi connectivity index (χ1n) is 21.8. The Morgan fingerprint density at radius 3 is 2.11 bits per heavy atom. The van der Waals surface area contributed by atoms with Crippen molar-refractivity contribution in [3.63, 3.8) is 0 Å². The Kier molecular flexibility index (Phi) is 19.5. The number of sulfonamides is 1. The summed E-state index contributed by atoms with van der Waals surface area (Å²) in [6.07, 6.45) is -7.81. The standard InChI is InChI=1S/C44H47ClN6O5S2.2C2HF3O2/c1-48(2)23-22-36(30-57-38-9-4-3-5-10-38)46-41-20-19-39(27-43(41)51(53)54)58(55,56)47-44(52)33-15-21-42-32(26-33)14-18-37-29-49(24-25-50(37)42)28-34-8-6-7-11-40(34)31-12-16-35(45)17-13-31;2*3-2(4,5)1(6)7/h3-13,15-17,19-21,26-27,36-37,46H,14,18,22-25,28-30H2,1-2H3,(H,47,52);2*(H,6,7)/t36-,37+;;/m1../s1. The number of nitrogens with zero attached hydrogens (tertiary/aromatic N) is 4. The van der Waals surface area contributed by atoms with Gasteiger partial charge in [0.1, 0.15) is 5.69 Å². The van der Waals surface area contributed by atoms with E-state index in [0.29, 0.717) is 23.2 Å². The maximum atomic E-state index is 13.5. The number of carbonyl (C=O) groups is 3. The summed E-state index contributed by atoms with van der Waals surface area (Å²) in [5, 5.41) is 30.5. The van der Waals surface area contributed by atoms with Gasteiger partial charge in [-0.2, -0.15) is 26.3 Å². The summed E-state index contributed by atoms with van der Waals surface area (Å²) >= 11 is 7.79. The fourth-order valence-electron chi connectivity index (χ4n) is 7.70. The number of hydrogen-bond acceptors (Lipinski definition) is 12. The highest BCUT2D eigenvalue weighted by Crippen LogP contribution is 2.35. The number of carbonyl (C=O) groups excluding carboxylic acids is 1. The zero-order chi connectivity index (χ0) is 53.0. The Bertz CT molecular complexity index is 2790. The maximum absolute atomic E-state index is 13.5. The molecule has 0 saturated carbocycles. The van der Waals surface area contributed by atoms with Crippen molar-refractivity contribution in [1.29, 1.82) is 0 Å². The molecule has 0 aromatic heterocycles. The lowest BCUT2D eigenvalue weighted by atomic mass is 9.92. The Hall–Kier alpha value is -6.40. The number of nitro groups is 1. The van der Waals surface area contributed by atoms with Crippen molar-refractivity contribution < 1.29 is 64.3 Å². The molecule has 5 aromatic carbocycles. The van der Waals surface area contributed by atoms with Crippen molar-refractivity contribution in [2.45, 2.75) is 60.0 Å². The minimum atomic E-state index is -5.08. The molecule has 7 rings (SSSR count). The molecule has 72 heavy (non-hydrogen) atoms. The quantitative estimate of drug-likeness (QED) is 0.0334. The van der Waals surface area contributed by atoms with Crippen LogP contribution < -0.4 is 14.9 Å². The average molecular weight is 1070 g/mol. The van der Waals surface area contributed by atoms with Crippen LogP contribution >= 0.6 is 23.4 Å². The number of nitro benzene ring substituents is 1. The van der Waals surface area contributed by atoms with Crippen LogP contribution in [0.3, 0.4) is 0 Å². The van der Waals surface area contributed by atoms with Crippen LogP contribution in [0.1, 0.15) is 34.3 Å². The number of anilines is 2. The van der Waals surface area contributed by atoms with Gasteiger partial charge in [0.2, 0.25) is 0 Å². The monoisotopic (exact) mass is 1070 g/mol. The highest BCUT2D eigenvalue weighted by Gasteiger charge is 2.39. The molecule has 0 spiro atoms. The topological polar surface area (TPSA) is 203 Å². The molecule has 2 aliphatic heterocycles. The number of rotatable bonds is 15. The SMILES string of the molecule is CN(C)CC[C@H](CSc1ccccc1)Nc1ccc(S(=O)(=O)NC(=O)c2ccc3c(c2)CC[C@H]2CN(Cc4ccccc4-c4ccc(Cl)cc4)CCN32)cc1[N+](=O)[O-].O=C(O)C(F)(F)F.O=C(O)C(F)(F)F. The minimum absolute atomic E-state index is 0.139. The van der Waals surface area contributed by atoms with Crippen LogP contribution in [0.15, 0.2) is 125 Å². The van der Waals surface area contributed by atoms with E-state index in [4.69, 9.17) is 31.4 Å². The third-order valence-electron chi connectivity index (χ3n) is 11.2. The summed E-state index contributed by atoms with van der Waals surface area (Å²) in [5.74, 6) is -5.66. The Balaban J connectivity index is 0.000000602. The molecule has 2 aliphatic rings. The molecule has 386 valence electrons. The lowest BCUT2D eigenvalue weighted by Crippen LogP contribution is -2.54. The molecule has 2 atom stereocenters. The third kappa shape index (κ3) is 16.3. The first-order valence-corrected chi connectivity index (χ1v) is 24.7. The van der Waals surface area contributed by atoms with Gasteiger partial charge in [-0.15, -0.1) is 11.8 Å². The van der Waals surface area contributed by atoms with Gasteiger partial charge in [0.15, 0.2) is 0 Å². The molecule has 0 aliphatic carbocycles. The van der Waals surface area contributed by atoms with Crippen LogP contribution in [0.25, 0.3) is 11.1 Å². The van der Waals surface area contributed by atoms with E-state index in [2.05, 4.69) is 56.2 Å². The second kappa shape index (κ2) is 24.8. The number of nitrogens with one attached hydrogen (secondary N) is 2. The number of benzene rings is 5. The average Bonchev–Trinajstić information content (AvgIpc) is 3.32. The molecule has 24 heteroatoms. The highest BCUT2D eigenvalue weighted by atomic mass is 35.5. The molecule has 1 saturated heterocycles. The van der Waals surface area contributed by atoms with Gasteiger partial charge in [-0.1, -0.05) is 66.2 Å². The lowest BCUT2D eigenvalue weighted by Gasteiger charge is -2.46. The molecular formula is C48H49ClF6N6O9S2. The number of halogens is 7. The minimum Gasteiger partial charge on any atom is -0.475 e. The number of piperazine rings is 1. The Morgan fingerprint density at radius 2 is 1.50 bits per heavy atom. The van der Waals surface area contributed by atoms with Crippen LogP contribution in [0.5, 0.6) is 0 Å². The Morgan fingerprint density at radius 1 is 0.875 bits per heavy atom. The van der Waals surface area contributed by atoms with Gasteiger partial charge < -0.3 is 25.3 Å². The van der Waals surface area contributed by atoms with Crippen molar-refractivity contribution in [2.75, 3.05) is 56.2 Å². The molecule has 0 bridgehead atoms. The number of fused-ring (bicyclic) bond motifs is 3. The third-order valence-corrected chi connectivity index (χ3v) is 14.0. The number of aliphatic carboxylic acids is 2. The predicted molar refractivity (Wildman–Crippen MR) is 261 cm³/mol. The van der Waals surface area contributed by atoms with Crippen LogP contribution in [0, 0.1) is 10.1 Å². The second-order valence-electron chi connectivity index (χ2n) is 16.7. The first kappa shape index (κ1) is 56.5. The second-order valence-corrected chi connectivity index (χ2v) is 19.9. The van der Waals surface area contributed by atoms with E-state index in [9.17, 15) is 49.7 Å². The van der Waals surface area contributed by atoms with Gasteiger partial charge in [-0.3, -0.25) is 19.8 Å². The Labute approximate surface area is 420 Å². The number of carboxylic acid groups (broad SMARTS) is 2. The fourth-order valence-corrected chi connectivity index (χ4v) is 9.82. The molecular weight excluding hydrogens is 1020 g/mol. The summed E-state index contributed by atoms with van der Waals surface area (Å²) in [5.41, 5.74) is 5.69. The van der Waals surface area contributed by atoms with Crippen LogP contribution in [0.2, 0.25) is 5.02 Å². The van der Waals surface area contributed by atoms with E-state index < -0.39 is 45.1 Å². The van der Waals surface area contributed by atoms with E-state index in [1.165, 1.54) is 23.3 Å². The number of alkyl halides is 6. The van der Waals surface area contributed by atoms with Gasteiger partial charge in [0.05, 0.1) is 9.82 Å². The van der Waals surface area contributed by atoms with E-state index in [0.717, 1.165) is 73.3 Å². The molecule has 15 nitrogen and oxygen atoms in total. The largest absolute Gasteiger partial charge is 0.490 e. The number of hydrogen-bond donors (Lipinski definition) is 4. The predicted octanol–water partition coefficient (Wildman–Crippen LogP) is 9.46. The molecule has 5 aromatic rings. The van der Waals surface area contributed by atoms with E-state index >= 15 is 0 Å². The number of aryl methyl sites for hydroxylation is 1. The molecule has 1 fully saturated rings. The van der Waals surface area contributed by atoms with Gasteiger partial charge in [-0.05, 0) is 117 Å². The summed E-state index contributed by atoms with van der Waals surface area (Å²) in [6, 6.07) is 35.5. The van der Waals surface area contributed by atoms with Gasteiger partial charge in [-0.25, -0.2) is 22.7 Å². The van der Waals surface area contributed by atoms with Crippen LogP contribution in [-0.4, -0.2) is 122 Å². The number of carboxylic acids is 2. The van der Waals surface area contributed by atoms with Crippen molar-refractivity contribution in [1.82, 2.24) is 14.5 Å². The molecule has 0 unspecified atom stereocenters. The molecule has 1 amide bonds. The van der Waals surface area contributed by atoms with Crippen LogP contribution in [0.4, 0.5) is 43.4 Å². The summed E-state index contributed by atoms with van der Waals surface area (Å²) in [4.78, 5) is 50.5. The number of amides is 1. The smallest absolute Gasteiger partial charge is 0.475 e. The zero-order valence-corrected chi connectivity index (χ0v) is 40.9. The van der Waals surface area contributed by atoms with E-state index in [-0.39, 0.29) is 27.9 Å². The van der Waals surface area contributed by atoms with Crippen molar-refractivity contribution in [3.05, 3.63) is 147 Å². The van der Waals surface area contributed by atoms with Crippen molar-refractivity contribution in [3.8, 4) is 11.1 Å². The van der Waals surface area contributed by atoms with Crippen LogP contribution in [-0.2, 0) is 32.6 Å². The fraction of sp³-hybridized carbons (Fsp3) is 0.312. The van der Waals surface area contributed by atoms with Gasteiger partial charge in [0.25, 0.3) is 21.6 Å². The summed E-state index contributed by atoms with van der Waals surface area (Å²) in [7, 11) is -0.509. The summed E-state index contributed by atoms with van der Waals surface area (Å²) < 4.78 is 92.6. The van der Waals surface area contributed by atoms with Crippen molar-refractivity contribution >= 4 is 68.3 Å². The van der Waals surface area contributed by atoms with E-state index in [1.54, 1.807) is 23.9 Å². The normalized spacial score (nSPS) is 15.1. The van der Waals surface area contributed by atoms with E-state index in [1.807, 2.05) is 67.5 Å². The first-order chi connectivity index (χ1) is 33.8. The molecule has 0 radical (unpaired) electrons. The maximum Gasteiger partial charge on any atom is 0.490 e. The molecule has 4 N–H and O–H groups in total. The van der Waals surface area contributed by atoms with Gasteiger partial charge in [0, 0.05) is 71.3 Å². The molecule has 2 heterocycles. The number of thioether (sulfide) groups is 1. The highest BCUT2D eigenvalue weighted by molar-refractivity contribution is 7.99. The lowest BCUT2D eigenvalue weighted by molar-refractivity contribution is -0.384.